The summed E-state index contributed by atoms with van der Waals surface area (Å²) in [6.45, 7) is 2.60. The van der Waals surface area contributed by atoms with Gasteiger partial charge in [-0.05, 0) is 36.0 Å². The molecular formula is C19H23NO. The van der Waals surface area contributed by atoms with Gasteiger partial charge in [0, 0.05) is 12.6 Å². The molecule has 0 unspecified atom stereocenters. The molecule has 1 aliphatic rings. The molecule has 110 valence electrons. The summed E-state index contributed by atoms with van der Waals surface area (Å²) >= 11 is 0. The van der Waals surface area contributed by atoms with E-state index in [1.165, 1.54) is 29.5 Å². The highest BCUT2D eigenvalue weighted by atomic mass is 16.5. The Morgan fingerprint density at radius 3 is 2.29 bits per heavy atom. The molecule has 0 spiro atoms. The van der Waals surface area contributed by atoms with Gasteiger partial charge in [-0.3, -0.25) is 0 Å². The molecule has 0 aliphatic heterocycles. The molecule has 1 fully saturated rings. The Balaban J connectivity index is 1.39. The summed E-state index contributed by atoms with van der Waals surface area (Å²) in [4.78, 5) is 0. The highest BCUT2D eigenvalue weighted by Crippen LogP contribution is 2.19. The van der Waals surface area contributed by atoms with Crippen LogP contribution in [0.25, 0.3) is 11.1 Å². The van der Waals surface area contributed by atoms with E-state index >= 15 is 0 Å². The first-order valence-electron chi connectivity index (χ1n) is 7.87. The van der Waals surface area contributed by atoms with Crippen molar-refractivity contribution in [1.29, 1.82) is 0 Å². The van der Waals surface area contributed by atoms with E-state index < -0.39 is 0 Å². The fourth-order valence-corrected chi connectivity index (χ4v) is 2.41. The van der Waals surface area contributed by atoms with E-state index in [1.807, 2.05) is 6.07 Å². The standard InChI is InChI=1S/C19H23NO/c1-2-4-17(5-3-1)18-8-6-16(7-9-18)12-14-21-15-13-20-19-10-11-19/h1-9,19-20H,10-15H2. The normalized spacial score (nSPS) is 14.3. The van der Waals surface area contributed by atoms with Crippen LogP contribution in [0.5, 0.6) is 0 Å². The zero-order valence-electron chi connectivity index (χ0n) is 12.4. The molecule has 1 N–H and O–H groups in total. The van der Waals surface area contributed by atoms with E-state index in [4.69, 9.17) is 4.74 Å². The molecule has 0 bridgehead atoms. The average molecular weight is 281 g/mol. The Hall–Kier alpha value is -1.64. The van der Waals surface area contributed by atoms with E-state index in [0.717, 1.165) is 32.2 Å². The largest absolute Gasteiger partial charge is 0.380 e. The minimum Gasteiger partial charge on any atom is -0.380 e. The molecule has 2 aromatic carbocycles. The molecule has 0 heterocycles. The number of ether oxygens (including phenoxy) is 1. The molecule has 0 atom stereocenters. The first-order chi connectivity index (χ1) is 10.4. The van der Waals surface area contributed by atoms with Gasteiger partial charge in [-0.2, -0.15) is 0 Å². The van der Waals surface area contributed by atoms with Gasteiger partial charge in [-0.15, -0.1) is 0 Å². The summed E-state index contributed by atoms with van der Waals surface area (Å²) in [5.74, 6) is 0. The fourth-order valence-electron chi connectivity index (χ4n) is 2.41. The lowest BCUT2D eigenvalue weighted by Crippen LogP contribution is -2.22. The second-order valence-electron chi connectivity index (χ2n) is 5.65. The monoisotopic (exact) mass is 281 g/mol. The minimum absolute atomic E-state index is 0.777. The Labute approximate surface area is 127 Å². The van der Waals surface area contributed by atoms with Crippen LogP contribution in [-0.2, 0) is 11.2 Å². The quantitative estimate of drug-likeness (QED) is 0.746. The van der Waals surface area contributed by atoms with Gasteiger partial charge >= 0.3 is 0 Å². The van der Waals surface area contributed by atoms with E-state index in [1.54, 1.807) is 0 Å². The van der Waals surface area contributed by atoms with Crippen LogP contribution in [0.15, 0.2) is 54.6 Å². The Morgan fingerprint density at radius 2 is 1.57 bits per heavy atom. The zero-order valence-corrected chi connectivity index (χ0v) is 12.4. The van der Waals surface area contributed by atoms with Gasteiger partial charge < -0.3 is 10.1 Å². The van der Waals surface area contributed by atoms with Gasteiger partial charge in [-0.25, -0.2) is 0 Å². The van der Waals surface area contributed by atoms with Crippen molar-refractivity contribution in [1.82, 2.24) is 5.32 Å². The van der Waals surface area contributed by atoms with Crippen LogP contribution < -0.4 is 5.32 Å². The lowest BCUT2D eigenvalue weighted by atomic mass is 10.0. The first kappa shape index (κ1) is 14.3. The molecule has 2 heteroatoms. The van der Waals surface area contributed by atoms with E-state index in [9.17, 15) is 0 Å². The summed E-state index contributed by atoms with van der Waals surface area (Å²) in [7, 11) is 0. The first-order valence-corrected chi connectivity index (χ1v) is 7.87. The SMILES string of the molecule is c1ccc(-c2ccc(CCOCCNC3CC3)cc2)cc1. The van der Waals surface area contributed by atoms with Gasteiger partial charge in [0.15, 0.2) is 0 Å². The summed E-state index contributed by atoms with van der Waals surface area (Å²) in [6.07, 6.45) is 3.67. The van der Waals surface area contributed by atoms with Crippen molar-refractivity contribution in [2.75, 3.05) is 19.8 Å². The second kappa shape index (κ2) is 7.39. The third kappa shape index (κ3) is 4.69. The van der Waals surface area contributed by atoms with Crippen molar-refractivity contribution in [3.63, 3.8) is 0 Å². The maximum absolute atomic E-state index is 5.67. The van der Waals surface area contributed by atoms with Crippen molar-refractivity contribution in [2.24, 2.45) is 0 Å². The van der Waals surface area contributed by atoms with Gasteiger partial charge in [0.2, 0.25) is 0 Å². The number of rotatable bonds is 8. The minimum atomic E-state index is 0.777. The number of benzene rings is 2. The van der Waals surface area contributed by atoms with Crippen molar-refractivity contribution in [3.05, 3.63) is 60.2 Å². The van der Waals surface area contributed by atoms with Crippen molar-refractivity contribution in [3.8, 4) is 11.1 Å². The molecule has 0 aromatic heterocycles. The predicted octanol–water partition coefficient (Wildman–Crippen LogP) is 3.66. The smallest absolute Gasteiger partial charge is 0.0591 e. The summed E-state index contributed by atoms with van der Waals surface area (Å²) in [6, 6.07) is 20.1. The van der Waals surface area contributed by atoms with Crippen LogP contribution in [0.4, 0.5) is 0 Å². The van der Waals surface area contributed by atoms with Gasteiger partial charge in [0.25, 0.3) is 0 Å². The van der Waals surface area contributed by atoms with Crippen molar-refractivity contribution in [2.45, 2.75) is 25.3 Å². The summed E-state index contributed by atoms with van der Waals surface area (Å²) < 4.78 is 5.67. The predicted molar refractivity (Wildman–Crippen MR) is 87.4 cm³/mol. The number of hydrogen-bond donors (Lipinski definition) is 1. The lowest BCUT2D eigenvalue weighted by Gasteiger charge is -2.06. The maximum Gasteiger partial charge on any atom is 0.0591 e. The molecular weight excluding hydrogens is 258 g/mol. The van der Waals surface area contributed by atoms with Gasteiger partial charge in [0.05, 0.1) is 13.2 Å². The number of hydrogen-bond acceptors (Lipinski definition) is 2. The molecule has 1 aliphatic carbocycles. The molecule has 1 saturated carbocycles. The van der Waals surface area contributed by atoms with E-state index in [2.05, 4.69) is 53.8 Å². The maximum atomic E-state index is 5.67. The second-order valence-corrected chi connectivity index (χ2v) is 5.65. The highest BCUT2D eigenvalue weighted by Gasteiger charge is 2.19. The average Bonchev–Trinajstić information content (AvgIpc) is 3.36. The molecule has 0 amide bonds. The third-order valence-corrected chi connectivity index (χ3v) is 3.85. The molecule has 2 aromatic rings. The van der Waals surface area contributed by atoms with Crippen LogP contribution in [0.2, 0.25) is 0 Å². The topological polar surface area (TPSA) is 21.3 Å². The molecule has 3 rings (SSSR count). The zero-order chi connectivity index (χ0) is 14.3. The highest BCUT2D eigenvalue weighted by molar-refractivity contribution is 5.63. The Bertz CT molecular complexity index is 531. The molecule has 2 nitrogen and oxygen atoms in total. The lowest BCUT2D eigenvalue weighted by molar-refractivity contribution is 0.138. The summed E-state index contributed by atoms with van der Waals surface area (Å²) in [5, 5.41) is 3.46. The van der Waals surface area contributed by atoms with Crippen LogP contribution in [0.1, 0.15) is 18.4 Å². The fraction of sp³-hybridized carbons (Fsp3) is 0.368. The van der Waals surface area contributed by atoms with Crippen molar-refractivity contribution < 1.29 is 4.74 Å². The molecule has 0 radical (unpaired) electrons. The third-order valence-electron chi connectivity index (χ3n) is 3.85. The van der Waals surface area contributed by atoms with Crippen LogP contribution >= 0.6 is 0 Å². The van der Waals surface area contributed by atoms with Crippen molar-refractivity contribution >= 4 is 0 Å². The van der Waals surface area contributed by atoms with Crippen LogP contribution in [0.3, 0.4) is 0 Å². The Morgan fingerprint density at radius 1 is 0.857 bits per heavy atom. The summed E-state index contributed by atoms with van der Waals surface area (Å²) in [5.41, 5.74) is 3.88. The van der Waals surface area contributed by atoms with E-state index in [-0.39, 0.29) is 0 Å². The number of nitrogens with one attached hydrogen (secondary N) is 1. The van der Waals surface area contributed by atoms with Gasteiger partial charge in [-0.1, -0.05) is 54.6 Å². The van der Waals surface area contributed by atoms with Crippen LogP contribution in [0, 0.1) is 0 Å². The van der Waals surface area contributed by atoms with Crippen LogP contribution in [-0.4, -0.2) is 25.8 Å². The van der Waals surface area contributed by atoms with E-state index in [0.29, 0.717) is 0 Å². The molecule has 0 saturated heterocycles. The molecule has 21 heavy (non-hydrogen) atoms. The van der Waals surface area contributed by atoms with Gasteiger partial charge in [0.1, 0.15) is 0 Å². The Kier molecular flexibility index (Phi) is 5.03.